The van der Waals surface area contributed by atoms with Crippen LogP contribution in [0, 0.1) is 0 Å². The van der Waals surface area contributed by atoms with Gasteiger partial charge in [-0.3, -0.25) is 14.5 Å². The first-order valence-electron chi connectivity index (χ1n) is 10.9. The molecule has 0 unspecified atom stereocenters. The van der Waals surface area contributed by atoms with Gasteiger partial charge in [0, 0.05) is 18.2 Å². The Morgan fingerprint density at radius 3 is 2.42 bits per heavy atom. The van der Waals surface area contributed by atoms with E-state index in [1.165, 1.54) is 4.90 Å². The number of carbonyl (C=O) groups is 3. The Bertz CT molecular complexity index is 1030. The quantitative estimate of drug-likeness (QED) is 0.722. The predicted molar refractivity (Wildman–Crippen MR) is 125 cm³/mol. The number of nitrogens with one attached hydrogen (secondary N) is 2. The van der Waals surface area contributed by atoms with Crippen LogP contribution in [-0.2, 0) is 27.3 Å². The number of carbonyl (C=O) groups excluding carboxylic acids is 3. The Morgan fingerprint density at radius 1 is 1.06 bits per heavy atom. The minimum atomic E-state index is -0.818. The van der Waals surface area contributed by atoms with Gasteiger partial charge in [-0.1, -0.05) is 30.3 Å². The number of rotatable bonds is 5. The van der Waals surface area contributed by atoms with E-state index in [0.717, 1.165) is 11.1 Å². The minimum absolute atomic E-state index is 0.258. The van der Waals surface area contributed by atoms with Crippen molar-refractivity contribution in [2.24, 2.45) is 0 Å². The number of methoxy groups -OCH3 is 1. The maximum Gasteiger partial charge on any atom is 0.411 e. The van der Waals surface area contributed by atoms with Gasteiger partial charge in [-0.15, -0.1) is 0 Å². The molecule has 0 aromatic heterocycles. The lowest BCUT2D eigenvalue weighted by Gasteiger charge is -2.37. The molecule has 33 heavy (non-hydrogen) atoms. The Hall–Kier alpha value is -3.55. The first kappa shape index (κ1) is 24.1. The van der Waals surface area contributed by atoms with Crippen molar-refractivity contribution in [1.82, 2.24) is 10.2 Å². The molecule has 0 bridgehead atoms. The van der Waals surface area contributed by atoms with Crippen molar-refractivity contribution in [2.45, 2.75) is 58.3 Å². The molecule has 2 aromatic rings. The summed E-state index contributed by atoms with van der Waals surface area (Å²) in [5.74, 6) is -0.182. The van der Waals surface area contributed by atoms with E-state index in [1.807, 2.05) is 24.3 Å². The molecule has 3 amide bonds. The van der Waals surface area contributed by atoms with Crippen LogP contribution in [0.3, 0.4) is 0 Å². The molecule has 2 aromatic carbocycles. The van der Waals surface area contributed by atoms with Crippen molar-refractivity contribution in [3.05, 3.63) is 59.7 Å². The predicted octanol–water partition coefficient (Wildman–Crippen LogP) is 3.50. The normalized spacial score (nSPS) is 16.3. The number of anilines is 1. The lowest BCUT2D eigenvalue weighted by atomic mass is 9.93. The largest absolute Gasteiger partial charge is 0.497 e. The second kappa shape index (κ2) is 9.94. The summed E-state index contributed by atoms with van der Waals surface area (Å²) in [6.45, 7) is 7.20. The van der Waals surface area contributed by atoms with Crippen molar-refractivity contribution in [3.8, 4) is 5.75 Å². The zero-order valence-corrected chi connectivity index (χ0v) is 19.7. The number of amides is 3. The molecule has 0 saturated heterocycles. The van der Waals surface area contributed by atoms with Gasteiger partial charge in [-0.05, 0) is 51.0 Å². The molecular formula is C25H31N3O5. The molecule has 8 heteroatoms. The van der Waals surface area contributed by atoms with Crippen LogP contribution in [0.2, 0.25) is 0 Å². The number of ether oxygens (including phenoxy) is 2. The summed E-state index contributed by atoms with van der Waals surface area (Å²) >= 11 is 0. The number of hydrogen-bond acceptors (Lipinski definition) is 5. The van der Waals surface area contributed by atoms with Crippen LogP contribution >= 0.6 is 0 Å². The highest BCUT2D eigenvalue weighted by Crippen LogP contribution is 2.25. The third-order valence-electron chi connectivity index (χ3n) is 5.27. The Labute approximate surface area is 194 Å². The average molecular weight is 454 g/mol. The van der Waals surface area contributed by atoms with Crippen molar-refractivity contribution in [3.63, 3.8) is 0 Å². The highest BCUT2D eigenvalue weighted by atomic mass is 16.6. The lowest BCUT2D eigenvalue weighted by molar-refractivity contribution is -0.130. The summed E-state index contributed by atoms with van der Waals surface area (Å²) in [5, 5.41) is 5.51. The first-order chi connectivity index (χ1) is 15.6. The van der Waals surface area contributed by atoms with Gasteiger partial charge in [0.15, 0.2) is 0 Å². The van der Waals surface area contributed by atoms with E-state index in [2.05, 4.69) is 10.6 Å². The van der Waals surface area contributed by atoms with Gasteiger partial charge in [-0.25, -0.2) is 4.79 Å². The zero-order chi connectivity index (χ0) is 24.2. The zero-order valence-electron chi connectivity index (χ0n) is 19.7. The fraction of sp³-hybridized carbons (Fsp3) is 0.400. The van der Waals surface area contributed by atoms with Crippen molar-refractivity contribution in [2.75, 3.05) is 12.4 Å². The smallest absolute Gasteiger partial charge is 0.411 e. The standard InChI is InChI=1S/C25H31N3O5/c1-16(22(29)27-19-11-8-12-20(14-19)32-5)26-23(30)21-13-17-9-6-7-10-18(17)15-28(21)24(31)33-25(2,3)4/h6-12,14,16,21H,13,15H2,1-5H3,(H,26,30)(H,27,29)/t16-,21+/m1/s1. The molecule has 8 nitrogen and oxygen atoms in total. The minimum Gasteiger partial charge on any atom is -0.497 e. The molecule has 1 aliphatic rings. The third-order valence-corrected chi connectivity index (χ3v) is 5.27. The van der Waals surface area contributed by atoms with E-state index in [0.29, 0.717) is 17.9 Å². The molecule has 2 atom stereocenters. The summed E-state index contributed by atoms with van der Waals surface area (Å²) in [6, 6.07) is 13.0. The van der Waals surface area contributed by atoms with Crippen LogP contribution in [-0.4, -0.2) is 47.6 Å². The molecule has 3 rings (SSSR count). The molecule has 176 valence electrons. The van der Waals surface area contributed by atoms with Crippen LogP contribution in [0.15, 0.2) is 48.5 Å². The Balaban J connectivity index is 1.73. The third kappa shape index (κ3) is 6.25. The number of fused-ring (bicyclic) bond motifs is 1. The molecule has 1 aliphatic heterocycles. The van der Waals surface area contributed by atoms with Gasteiger partial charge in [0.05, 0.1) is 13.7 Å². The van der Waals surface area contributed by atoms with Crippen molar-refractivity contribution in [1.29, 1.82) is 0 Å². The molecule has 0 saturated carbocycles. The van der Waals surface area contributed by atoms with Gasteiger partial charge >= 0.3 is 6.09 Å². The van der Waals surface area contributed by atoms with Crippen LogP contribution < -0.4 is 15.4 Å². The maximum atomic E-state index is 13.2. The van der Waals surface area contributed by atoms with Gasteiger partial charge in [-0.2, -0.15) is 0 Å². The van der Waals surface area contributed by atoms with E-state index in [9.17, 15) is 14.4 Å². The number of benzene rings is 2. The van der Waals surface area contributed by atoms with Crippen LogP contribution in [0.4, 0.5) is 10.5 Å². The van der Waals surface area contributed by atoms with Crippen LogP contribution in [0.5, 0.6) is 5.75 Å². The van der Waals surface area contributed by atoms with Crippen molar-refractivity contribution >= 4 is 23.6 Å². The Morgan fingerprint density at radius 2 is 1.76 bits per heavy atom. The summed E-state index contributed by atoms with van der Waals surface area (Å²) in [4.78, 5) is 40.2. The van der Waals surface area contributed by atoms with Crippen LogP contribution in [0.1, 0.15) is 38.8 Å². The van der Waals surface area contributed by atoms with Gasteiger partial charge in [0.25, 0.3) is 0 Å². The van der Waals surface area contributed by atoms with Crippen LogP contribution in [0.25, 0.3) is 0 Å². The van der Waals surface area contributed by atoms with Crippen molar-refractivity contribution < 1.29 is 23.9 Å². The SMILES string of the molecule is COc1cccc(NC(=O)[C@@H](C)NC(=O)[C@@H]2Cc3ccccc3CN2C(=O)OC(C)(C)C)c1. The molecule has 0 spiro atoms. The van der Waals surface area contributed by atoms with E-state index in [-0.39, 0.29) is 12.5 Å². The Kier molecular flexibility index (Phi) is 7.26. The maximum absolute atomic E-state index is 13.2. The number of nitrogens with zero attached hydrogens (tertiary/aromatic N) is 1. The highest BCUT2D eigenvalue weighted by Gasteiger charge is 2.37. The van der Waals surface area contributed by atoms with Gasteiger partial charge < -0.3 is 20.1 Å². The monoisotopic (exact) mass is 453 g/mol. The summed E-state index contributed by atoms with van der Waals surface area (Å²) in [6.07, 6.45) is -0.225. The molecule has 1 heterocycles. The van der Waals surface area contributed by atoms with E-state index < -0.39 is 29.7 Å². The highest BCUT2D eigenvalue weighted by molar-refractivity contribution is 5.98. The fourth-order valence-corrected chi connectivity index (χ4v) is 3.60. The lowest BCUT2D eigenvalue weighted by Crippen LogP contribution is -2.56. The van der Waals surface area contributed by atoms with Gasteiger partial charge in [0.2, 0.25) is 11.8 Å². The van der Waals surface area contributed by atoms with E-state index in [4.69, 9.17) is 9.47 Å². The molecule has 2 N–H and O–H groups in total. The molecule has 0 aliphatic carbocycles. The molecule has 0 radical (unpaired) electrons. The first-order valence-corrected chi connectivity index (χ1v) is 10.9. The average Bonchev–Trinajstić information content (AvgIpc) is 2.77. The van der Waals surface area contributed by atoms with Gasteiger partial charge in [0.1, 0.15) is 23.4 Å². The molecule has 0 fully saturated rings. The summed E-state index contributed by atoms with van der Waals surface area (Å²) < 4.78 is 10.7. The second-order valence-corrected chi connectivity index (χ2v) is 9.05. The summed E-state index contributed by atoms with van der Waals surface area (Å²) in [7, 11) is 1.54. The van der Waals surface area contributed by atoms with E-state index in [1.54, 1.807) is 59.1 Å². The second-order valence-electron chi connectivity index (χ2n) is 9.05. The number of hydrogen-bond donors (Lipinski definition) is 2. The topological polar surface area (TPSA) is 97.0 Å². The fourth-order valence-electron chi connectivity index (χ4n) is 3.60. The summed E-state index contributed by atoms with van der Waals surface area (Å²) in [5.41, 5.74) is 1.82. The van der Waals surface area contributed by atoms with E-state index >= 15 is 0 Å². The molecular weight excluding hydrogens is 422 g/mol.